The molecule has 0 aliphatic carbocycles. The number of carbonyl (C=O) groups is 2. The third-order valence-electron chi connectivity index (χ3n) is 5.87. The van der Waals surface area contributed by atoms with E-state index in [1.165, 1.54) is 0 Å². The van der Waals surface area contributed by atoms with Gasteiger partial charge in [-0.05, 0) is 24.3 Å². The van der Waals surface area contributed by atoms with Crippen LogP contribution in [0.4, 0.5) is 0 Å². The number of esters is 2. The van der Waals surface area contributed by atoms with Crippen LogP contribution in [0.25, 0.3) is 0 Å². The Hall–Kier alpha value is -3.19. The smallest absolute Gasteiger partial charge is 0.330 e. The summed E-state index contributed by atoms with van der Waals surface area (Å²) < 4.78 is 11.8. The summed E-state index contributed by atoms with van der Waals surface area (Å²) in [6, 6.07) is 24.2. The van der Waals surface area contributed by atoms with Crippen LogP contribution < -0.4 is 10.1 Å². The molecule has 0 radical (unpaired) electrons. The molecule has 0 aromatic heterocycles. The van der Waals surface area contributed by atoms with Gasteiger partial charge in [-0.2, -0.15) is 0 Å². The van der Waals surface area contributed by atoms with Gasteiger partial charge in [0.1, 0.15) is 17.8 Å². The van der Waals surface area contributed by atoms with Gasteiger partial charge in [-0.3, -0.25) is 4.79 Å². The number of nitrogens with zero attached hydrogens (tertiary/aromatic N) is 1. The Morgan fingerprint density at radius 1 is 0.938 bits per heavy atom. The molecule has 2 saturated heterocycles. The molecule has 2 heterocycles. The van der Waals surface area contributed by atoms with Crippen molar-refractivity contribution in [2.75, 3.05) is 13.1 Å². The molecule has 2 unspecified atom stereocenters. The normalized spacial score (nSPS) is 22.1. The molecule has 5 rings (SSSR count). The Balaban J connectivity index is 1.60. The maximum Gasteiger partial charge on any atom is 0.330 e. The first-order chi connectivity index (χ1) is 15.6. The molecule has 0 bridgehead atoms. The number of fused-ring (bicyclic) bond motifs is 1. The van der Waals surface area contributed by atoms with Crippen molar-refractivity contribution in [2.45, 2.75) is 17.8 Å². The predicted octanol–water partition coefficient (Wildman–Crippen LogP) is 3.35. The van der Waals surface area contributed by atoms with Crippen molar-refractivity contribution in [3.05, 3.63) is 101 Å². The maximum atomic E-state index is 13.3. The van der Waals surface area contributed by atoms with E-state index in [0.717, 1.165) is 11.1 Å². The van der Waals surface area contributed by atoms with Gasteiger partial charge in [-0.25, -0.2) is 9.69 Å². The van der Waals surface area contributed by atoms with Gasteiger partial charge in [-0.15, -0.1) is 0 Å². The molecule has 2 atom stereocenters. The number of nitrogens with one attached hydrogen (secondary N) is 1. The van der Waals surface area contributed by atoms with Gasteiger partial charge in [0, 0.05) is 29.2 Å². The Morgan fingerprint density at radius 2 is 1.53 bits per heavy atom. The lowest BCUT2D eigenvalue weighted by atomic mass is 9.90. The van der Waals surface area contributed by atoms with Gasteiger partial charge in [0.25, 0.3) is 0 Å². The van der Waals surface area contributed by atoms with Crippen molar-refractivity contribution in [3.8, 4) is 5.75 Å². The SMILES string of the molecule is O=C(Oc1ccc(Cl)cc1)C1CNCC2C(=O)OC(c3ccccc3)(c3ccccc3)N12. The third kappa shape index (κ3) is 3.46. The number of benzene rings is 3. The monoisotopic (exact) mass is 448 g/mol. The highest BCUT2D eigenvalue weighted by Crippen LogP contribution is 2.45. The number of hydrogen-bond donors (Lipinski definition) is 1. The molecule has 2 fully saturated rings. The van der Waals surface area contributed by atoms with E-state index in [0.29, 0.717) is 23.9 Å². The van der Waals surface area contributed by atoms with E-state index in [-0.39, 0.29) is 5.97 Å². The zero-order valence-corrected chi connectivity index (χ0v) is 17.9. The number of cyclic esters (lactones) is 1. The molecule has 6 nitrogen and oxygen atoms in total. The molecular weight excluding hydrogens is 428 g/mol. The average molecular weight is 449 g/mol. The number of carbonyl (C=O) groups excluding carboxylic acids is 2. The van der Waals surface area contributed by atoms with Crippen LogP contribution in [0.15, 0.2) is 84.9 Å². The first kappa shape index (κ1) is 20.7. The van der Waals surface area contributed by atoms with Crippen LogP contribution in [0.5, 0.6) is 5.75 Å². The Kier molecular flexibility index (Phi) is 5.43. The highest BCUT2D eigenvalue weighted by Gasteiger charge is 2.61. The fraction of sp³-hybridized carbons (Fsp3) is 0.200. The van der Waals surface area contributed by atoms with Gasteiger partial charge >= 0.3 is 11.9 Å². The number of ether oxygens (including phenoxy) is 2. The second-order valence-electron chi connectivity index (χ2n) is 7.77. The van der Waals surface area contributed by atoms with Crippen molar-refractivity contribution in [1.82, 2.24) is 10.2 Å². The minimum Gasteiger partial charge on any atom is -0.434 e. The molecule has 3 aromatic rings. The molecule has 7 heteroatoms. The van der Waals surface area contributed by atoms with E-state index >= 15 is 0 Å². The fourth-order valence-corrected chi connectivity index (χ4v) is 4.59. The molecular formula is C25H21ClN2O4. The minimum atomic E-state index is -1.24. The summed E-state index contributed by atoms with van der Waals surface area (Å²) in [5, 5.41) is 3.74. The van der Waals surface area contributed by atoms with E-state index < -0.39 is 23.8 Å². The minimum absolute atomic E-state index is 0.320. The van der Waals surface area contributed by atoms with E-state index in [2.05, 4.69) is 5.32 Å². The molecule has 0 saturated carbocycles. The molecule has 0 spiro atoms. The summed E-state index contributed by atoms with van der Waals surface area (Å²) >= 11 is 5.95. The molecule has 162 valence electrons. The summed E-state index contributed by atoms with van der Waals surface area (Å²) in [7, 11) is 0. The lowest BCUT2D eigenvalue weighted by molar-refractivity contribution is -0.157. The van der Waals surface area contributed by atoms with Crippen molar-refractivity contribution in [2.24, 2.45) is 0 Å². The van der Waals surface area contributed by atoms with Crippen molar-refractivity contribution >= 4 is 23.5 Å². The van der Waals surface area contributed by atoms with Gasteiger partial charge in [0.2, 0.25) is 5.72 Å². The second kappa shape index (κ2) is 8.39. The summed E-state index contributed by atoms with van der Waals surface area (Å²) in [5.41, 5.74) is 0.303. The molecule has 1 N–H and O–H groups in total. The van der Waals surface area contributed by atoms with Crippen LogP contribution >= 0.6 is 11.6 Å². The van der Waals surface area contributed by atoms with Crippen molar-refractivity contribution < 1.29 is 19.1 Å². The third-order valence-corrected chi connectivity index (χ3v) is 6.12. The van der Waals surface area contributed by atoms with E-state index in [1.807, 2.05) is 65.6 Å². The standard InChI is InChI=1S/C25H21ClN2O4/c26-19-11-13-20(14-12-19)31-23(29)21-15-27-16-22-24(30)32-25(28(21)22,17-7-3-1-4-8-17)18-9-5-2-6-10-18/h1-14,21-22,27H,15-16H2. The Bertz CT molecular complexity index is 1080. The summed E-state index contributed by atoms with van der Waals surface area (Å²) in [5.74, 6) is -0.466. The first-order valence-electron chi connectivity index (χ1n) is 10.4. The molecule has 0 amide bonds. The highest BCUT2D eigenvalue weighted by molar-refractivity contribution is 6.30. The quantitative estimate of drug-likeness (QED) is 0.487. The number of rotatable bonds is 4. The summed E-state index contributed by atoms with van der Waals surface area (Å²) in [6.45, 7) is 0.700. The number of piperazine rings is 1. The largest absolute Gasteiger partial charge is 0.434 e. The van der Waals surface area contributed by atoms with Gasteiger partial charge in [-0.1, -0.05) is 72.3 Å². The van der Waals surface area contributed by atoms with Crippen LogP contribution in [0.3, 0.4) is 0 Å². The molecule has 2 aliphatic rings. The average Bonchev–Trinajstić information content (AvgIpc) is 3.15. The van der Waals surface area contributed by atoms with Crippen LogP contribution in [0, 0.1) is 0 Å². The van der Waals surface area contributed by atoms with Crippen molar-refractivity contribution in [1.29, 1.82) is 0 Å². The molecule has 32 heavy (non-hydrogen) atoms. The predicted molar refractivity (Wildman–Crippen MR) is 119 cm³/mol. The zero-order valence-electron chi connectivity index (χ0n) is 17.1. The van der Waals surface area contributed by atoms with Gasteiger partial charge < -0.3 is 14.8 Å². The Morgan fingerprint density at radius 3 is 2.12 bits per heavy atom. The van der Waals surface area contributed by atoms with E-state index in [9.17, 15) is 9.59 Å². The van der Waals surface area contributed by atoms with E-state index in [4.69, 9.17) is 21.1 Å². The van der Waals surface area contributed by atoms with Gasteiger partial charge in [0.15, 0.2) is 0 Å². The lowest BCUT2D eigenvalue weighted by Gasteiger charge is -2.44. The summed E-state index contributed by atoms with van der Waals surface area (Å²) in [4.78, 5) is 28.3. The first-order valence-corrected chi connectivity index (χ1v) is 10.8. The zero-order chi connectivity index (χ0) is 22.1. The van der Waals surface area contributed by atoms with Gasteiger partial charge in [0.05, 0.1) is 0 Å². The molecule has 3 aromatic carbocycles. The topological polar surface area (TPSA) is 67.9 Å². The van der Waals surface area contributed by atoms with Crippen LogP contribution in [0.1, 0.15) is 11.1 Å². The highest BCUT2D eigenvalue weighted by atomic mass is 35.5. The fourth-order valence-electron chi connectivity index (χ4n) is 4.47. The second-order valence-corrected chi connectivity index (χ2v) is 8.21. The van der Waals surface area contributed by atoms with E-state index in [1.54, 1.807) is 24.3 Å². The molecule has 2 aliphatic heterocycles. The van der Waals surface area contributed by atoms with Crippen LogP contribution in [0.2, 0.25) is 5.02 Å². The Labute approximate surface area is 190 Å². The number of hydrogen-bond acceptors (Lipinski definition) is 6. The van der Waals surface area contributed by atoms with Crippen LogP contribution in [-0.4, -0.2) is 42.0 Å². The maximum absolute atomic E-state index is 13.3. The van der Waals surface area contributed by atoms with Crippen LogP contribution in [-0.2, 0) is 20.1 Å². The van der Waals surface area contributed by atoms with Crippen molar-refractivity contribution in [3.63, 3.8) is 0 Å². The number of halogens is 1. The lowest BCUT2D eigenvalue weighted by Crippen LogP contribution is -2.64. The summed E-state index contributed by atoms with van der Waals surface area (Å²) in [6.07, 6.45) is 0.